The third-order valence-corrected chi connectivity index (χ3v) is 4.59. The summed E-state index contributed by atoms with van der Waals surface area (Å²) in [4.78, 5) is 13.2. The fraction of sp³-hybridized carbons (Fsp3) is 0.278. The maximum absolute atomic E-state index is 11.5. The molecule has 8 nitrogen and oxygen atoms in total. The van der Waals surface area contributed by atoms with Gasteiger partial charge in [0.1, 0.15) is 17.1 Å². The van der Waals surface area contributed by atoms with Gasteiger partial charge < -0.3 is 15.3 Å². The predicted molar refractivity (Wildman–Crippen MR) is 99.9 cm³/mol. The number of aromatic nitrogens is 2. The lowest BCUT2D eigenvalue weighted by Crippen LogP contribution is -2.15. The Morgan fingerprint density at radius 1 is 1.31 bits per heavy atom. The van der Waals surface area contributed by atoms with Gasteiger partial charge in [-0.1, -0.05) is 0 Å². The fourth-order valence-electron chi connectivity index (χ4n) is 3.41. The fourth-order valence-corrected chi connectivity index (χ4v) is 3.41. The summed E-state index contributed by atoms with van der Waals surface area (Å²) in [5.74, 6) is 0.134. The van der Waals surface area contributed by atoms with Crippen LogP contribution in [0.25, 0.3) is 22.2 Å². The highest BCUT2D eigenvalue weighted by molar-refractivity contribution is 6.12. The number of aromatic hydroxyl groups is 1. The van der Waals surface area contributed by atoms with Crippen LogP contribution in [0.2, 0.25) is 0 Å². The molecule has 0 spiro atoms. The zero-order valence-corrected chi connectivity index (χ0v) is 14.6. The number of nitrogens with one attached hydrogen (secondary N) is 1. The van der Waals surface area contributed by atoms with Crippen LogP contribution in [0, 0.1) is 10.1 Å². The molecule has 3 aromatic rings. The molecule has 0 amide bonds. The van der Waals surface area contributed by atoms with Crippen molar-refractivity contribution in [1.29, 1.82) is 0 Å². The molecule has 26 heavy (non-hydrogen) atoms. The number of aryl methyl sites for hydroxylation is 1. The van der Waals surface area contributed by atoms with E-state index in [0.717, 1.165) is 29.4 Å². The summed E-state index contributed by atoms with van der Waals surface area (Å²) in [5.41, 5.74) is 3.43. The van der Waals surface area contributed by atoms with Crippen LogP contribution in [-0.2, 0) is 6.54 Å². The molecule has 1 aliphatic heterocycles. The highest BCUT2D eigenvalue weighted by Crippen LogP contribution is 2.47. The Morgan fingerprint density at radius 3 is 2.85 bits per heavy atom. The molecule has 2 aromatic carbocycles. The van der Waals surface area contributed by atoms with E-state index >= 15 is 0 Å². The van der Waals surface area contributed by atoms with Crippen LogP contribution in [0.1, 0.15) is 6.42 Å². The zero-order chi connectivity index (χ0) is 18.4. The summed E-state index contributed by atoms with van der Waals surface area (Å²) in [6.07, 6.45) is 0.913. The summed E-state index contributed by atoms with van der Waals surface area (Å²) in [7, 11) is 4.04. The second-order valence-electron chi connectivity index (χ2n) is 6.69. The normalized spacial score (nSPS) is 12.3. The van der Waals surface area contributed by atoms with Crippen molar-refractivity contribution in [2.45, 2.75) is 13.0 Å². The molecule has 1 aliphatic rings. The van der Waals surface area contributed by atoms with E-state index in [9.17, 15) is 15.2 Å². The second kappa shape index (κ2) is 5.99. The molecule has 0 saturated carbocycles. The van der Waals surface area contributed by atoms with Gasteiger partial charge in [0.25, 0.3) is 5.69 Å². The lowest BCUT2D eigenvalue weighted by atomic mass is 9.99. The Balaban J connectivity index is 1.91. The van der Waals surface area contributed by atoms with Gasteiger partial charge in [0.05, 0.1) is 15.8 Å². The van der Waals surface area contributed by atoms with Gasteiger partial charge in [0.15, 0.2) is 0 Å². The Hall–Kier alpha value is -3.13. The average Bonchev–Trinajstić information content (AvgIpc) is 2.95. The molecule has 0 radical (unpaired) electrons. The topological polar surface area (TPSA) is 96.5 Å². The molecule has 0 atom stereocenters. The molecule has 0 fully saturated rings. The first-order valence-electron chi connectivity index (χ1n) is 8.39. The molecule has 1 aromatic heterocycles. The van der Waals surface area contributed by atoms with E-state index in [1.807, 2.05) is 18.8 Å². The maximum atomic E-state index is 11.5. The molecule has 0 aliphatic carbocycles. The van der Waals surface area contributed by atoms with Crippen molar-refractivity contribution >= 4 is 28.0 Å². The van der Waals surface area contributed by atoms with E-state index in [1.165, 1.54) is 6.07 Å². The van der Waals surface area contributed by atoms with Crippen LogP contribution >= 0.6 is 0 Å². The Labute approximate surface area is 149 Å². The number of nitrogens with zero attached hydrogens (tertiary/aromatic N) is 4. The minimum atomic E-state index is -0.389. The van der Waals surface area contributed by atoms with Gasteiger partial charge in [-0.25, -0.2) is 0 Å². The Kier molecular flexibility index (Phi) is 3.77. The summed E-state index contributed by atoms with van der Waals surface area (Å²) in [6, 6.07) is 8.16. The second-order valence-corrected chi connectivity index (χ2v) is 6.69. The van der Waals surface area contributed by atoms with E-state index < -0.39 is 0 Å². The number of nitro groups is 1. The van der Waals surface area contributed by atoms with E-state index in [4.69, 9.17) is 5.10 Å². The van der Waals surface area contributed by atoms with Crippen LogP contribution < -0.4 is 5.32 Å². The molecule has 0 bridgehead atoms. The highest BCUT2D eigenvalue weighted by Gasteiger charge is 2.29. The Bertz CT molecular complexity index is 1030. The highest BCUT2D eigenvalue weighted by atomic mass is 16.6. The Morgan fingerprint density at radius 2 is 2.12 bits per heavy atom. The first-order valence-corrected chi connectivity index (χ1v) is 8.39. The molecule has 0 unspecified atom stereocenters. The standard InChI is InChI=1S/C18H19N5O3/c1-21(2)8-3-9-22-14-6-7-15(23(25)26)18-16(14)17(20-22)12-10-11(24)4-5-13(12)19-18/h4-7,10,19,24H,3,8-9H2,1-2H3. The lowest BCUT2D eigenvalue weighted by molar-refractivity contribution is -0.383. The number of fused-ring (bicyclic) bond motifs is 2. The number of nitro benzene ring substituents is 1. The van der Waals surface area contributed by atoms with Gasteiger partial charge in [-0.2, -0.15) is 5.10 Å². The quantitative estimate of drug-likeness (QED) is 0.324. The van der Waals surface area contributed by atoms with E-state index in [2.05, 4.69) is 10.2 Å². The SMILES string of the molecule is CN(C)CCCn1nc2c3c(c([N+](=O)[O-])ccc31)Nc1ccc(O)cc1-2. The summed E-state index contributed by atoms with van der Waals surface area (Å²) in [6.45, 7) is 1.63. The smallest absolute Gasteiger partial charge is 0.293 e. The predicted octanol–water partition coefficient (Wildman–Crippen LogP) is 3.33. The van der Waals surface area contributed by atoms with Crippen molar-refractivity contribution in [1.82, 2.24) is 14.7 Å². The zero-order valence-electron chi connectivity index (χ0n) is 14.6. The molecule has 4 rings (SSSR count). The number of phenols is 1. The first kappa shape index (κ1) is 16.3. The van der Waals surface area contributed by atoms with Crippen LogP contribution in [0.5, 0.6) is 5.75 Å². The number of hydrogen-bond donors (Lipinski definition) is 2. The summed E-state index contributed by atoms with van der Waals surface area (Å²) in [5, 5.41) is 29.9. The average molecular weight is 353 g/mol. The third kappa shape index (κ3) is 2.55. The van der Waals surface area contributed by atoms with Gasteiger partial charge in [0.2, 0.25) is 0 Å². The first-order chi connectivity index (χ1) is 12.5. The van der Waals surface area contributed by atoms with Crippen molar-refractivity contribution in [3.05, 3.63) is 40.4 Å². The number of hydrogen-bond acceptors (Lipinski definition) is 6. The van der Waals surface area contributed by atoms with E-state index in [1.54, 1.807) is 24.3 Å². The van der Waals surface area contributed by atoms with Crippen LogP contribution in [-0.4, -0.2) is 45.4 Å². The molecule has 0 saturated heterocycles. The monoisotopic (exact) mass is 353 g/mol. The number of phenolic OH excluding ortho intramolecular Hbond substituents is 1. The van der Waals surface area contributed by atoms with Gasteiger partial charge in [0, 0.05) is 23.9 Å². The molecule has 8 heteroatoms. The van der Waals surface area contributed by atoms with Crippen molar-refractivity contribution in [3.8, 4) is 17.0 Å². The summed E-state index contributed by atoms with van der Waals surface area (Å²) < 4.78 is 1.89. The van der Waals surface area contributed by atoms with Crippen LogP contribution in [0.15, 0.2) is 30.3 Å². The van der Waals surface area contributed by atoms with Crippen molar-refractivity contribution in [2.24, 2.45) is 0 Å². The third-order valence-electron chi connectivity index (χ3n) is 4.59. The van der Waals surface area contributed by atoms with Crippen molar-refractivity contribution < 1.29 is 10.0 Å². The number of benzene rings is 2. The van der Waals surface area contributed by atoms with Gasteiger partial charge in [-0.15, -0.1) is 0 Å². The minimum Gasteiger partial charge on any atom is -0.508 e. The molecule has 2 N–H and O–H groups in total. The van der Waals surface area contributed by atoms with Crippen molar-refractivity contribution in [3.63, 3.8) is 0 Å². The van der Waals surface area contributed by atoms with Crippen LogP contribution in [0.4, 0.5) is 17.1 Å². The van der Waals surface area contributed by atoms with Crippen LogP contribution in [0.3, 0.4) is 0 Å². The summed E-state index contributed by atoms with van der Waals surface area (Å²) >= 11 is 0. The van der Waals surface area contributed by atoms with Crippen molar-refractivity contribution in [2.75, 3.05) is 26.0 Å². The molecule has 134 valence electrons. The number of rotatable bonds is 5. The van der Waals surface area contributed by atoms with Gasteiger partial charge >= 0.3 is 0 Å². The molecular formula is C18H19N5O3. The van der Waals surface area contributed by atoms with Gasteiger partial charge in [-0.05, 0) is 51.3 Å². The lowest BCUT2D eigenvalue weighted by Gasteiger charge is -2.17. The van der Waals surface area contributed by atoms with E-state index in [0.29, 0.717) is 23.6 Å². The largest absolute Gasteiger partial charge is 0.508 e. The maximum Gasteiger partial charge on any atom is 0.293 e. The molecule has 2 heterocycles. The number of anilines is 2. The minimum absolute atomic E-state index is 0.0188. The van der Waals surface area contributed by atoms with E-state index in [-0.39, 0.29) is 16.4 Å². The van der Waals surface area contributed by atoms with Gasteiger partial charge in [-0.3, -0.25) is 14.8 Å². The molecular weight excluding hydrogens is 334 g/mol.